The molecule has 2 aliphatic heterocycles. The number of hydrogen-bond donors (Lipinski definition) is 0. The summed E-state index contributed by atoms with van der Waals surface area (Å²) in [6, 6.07) is 14.5. The highest BCUT2D eigenvalue weighted by Crippen LogP contribution is 2.44. The van der Waals surface area contributed by atoms with Crippen molar-refractivity contribution in [2.45, 2.75) is 38.2 Å². The molecule has 0 saturated carbocycles. The van der Waals surface area contributed by atoms with Gasteiger partial charge in [-0.1, -0.05) is 61.2 Å². The fourth-order valence-corrected chi connectivity index (χ4v) is 4.75. The largest absolute Gasteiger partial charge is 0.457 e. The molecule has 2 aromatic carbocycles. The second-order valence-electron chi connectivity index (χ2n) is 7.13. The van der Waals surface area contributed by atoms with Crippen molar-refractivity contribution in [1.82, 2.24) is 4.90 Å². The zero-order valence-corrected chi connectivity index (χ0v) is 17.5. The smallest absolute Gasteiger partial charge is 0.338 e. The van der Waals surface area contributed by atoms with Crippen molar-refractivity contribution >= 4 is 28.8 Å². The number of carbonyl (C=O) groups is 2. The maximum Gasteiger partial charge on any atom is 0.338 e. The van der Waals surface area contributed by atoms with E-state index >= 15 is 0 Å². The second-order valence-corrected chi connectivity index (χ2v) is 8.30. The van der Waals surface area contributed by atoms with Gasteiger partial charge in [-0.2, -0.15) is 0 Å². The molecule has 2 aromatic rings. The molecule has 2 aliphatic rings. The van der Waals surface area contributed by atoms with Crippen molar-refractivity contribution in [1.29, 1.82) is 0 Å². The molecule has 7 heteroatoms. The first-order valence-corrected chi connectivity index (χ1v) is 10.6. The number of thioether (sulfide) groups is 1. The van der Waals surface area contributed by atoms with E-state index in [0.717, 1.165) is 5.56 Å². The SMILES string of the molecule is CC[C@H]1SC2=NC(C)=C(C(=O)OCc3ccccc3)[C@@H](c3ccc(F)cc3)N2C1=O. The summed E-state index contributed by atoms with van der Waals surface area (Å²) in [5, 5.41) is 0.317. The Hall–Kier alpha value is -2.93. The Morgan fingerprint density at radius 3 is 2.53 bits per heavy atom. The number of amidine groups is 1. The second kappa shape index (κ2) is 8.44. The molecule has 0 aromatic heterocycles. The number of amides is 1. The summed E-state index contributed by atoms with van der Waals surface area (Å²) < 4.78 is 19.1. The van der Waals surface area contributed by atoms with Crippen LogP contribution in [0.5, 0.6) is 0 Å². The van der Waals surface area contributed by atoms with Crippen molar-refractivity contribution in [3.05, 3.63) is 82.8 Å². The number of carbonyl (C=O) groups excluding carboxylic acids is 2. The zero-order valence-electron chi connectivity index (χ0n) is 16.7. The van der Waals surface area contributed by atoms with E-state index in [9.17, 15) is 14.0 Å². The molecule has 5 nitrogen and oxygen atoms in total. The standard InChI is InChI=1S/C23H21FN2O3S/c1-3-18-21(27)26-20(16-9-11-17(24)12-10-16)19(14(2)25-23(26)30-18)22(28)29-13-15-7-5-4-6-8-15/h4-12,18,20H,3,13H2,1-2H3/t18-,20-/m1/s1. The average Bonchev–Trinajstić information content (AvgIpc) is 3.07. The van der Waals surface area contributed by atoms with Crippen LogP contribution < -0.4 is 0 Å². The van der Waals surface area contributed by atoms with Crippen molar-refractivity contribution in [3.8, 4) is 0 Å². The minimum absolute atomic E-state index is 0.101. The number of hydrogen-bond acceptors (Lipinski definition) is 5. The van der Waals surface area contributed by atoms with Crippen LogP contribution in [0.4, 0.5) is 4.39 Å². The molecular weight excluding hydrogens is 403 g/mol. The Kier molecular flexibility index (Phi) is 5.72. The summed E-state index contributed by atoms with van der Waals surface area (Å²) in [6.07, 6.45) is 0.655. The van der Waals surface area contributed by atoms with Gasteiger partial charge in [0, 0.05) is 0 Å². The Balaban J connectivity index is 1.71. The van der Waals surface area contributed by atoms with E-state index in [0.29, 0.717) is 28.4 Å². The topological polar surface area (TPSA) is 59.0 Å². The summed E-state index contributed by atoms with van der Waals surface area (Å²) in [5.74, 6) is -1.02. The lowest BCUT2D eigenvalue weighted by Crippen LogP contribution is -2.40. The van der Waals surface area contributed by atoms with Gasteiger partial charge in [-0.15, -0.1) is 0 Å². The number of allylic oxidation sites excluding steroid dienone is 1. The van der Waals surface area contributed by atoms with Gasteiger partial charge in [0.25, 0.3) is 0 Å². The predicted molar refractivity (Wildman–Crippen MR) is 114 cm³/mol. The van der Waals surface area contributed by atoms with Crippen LogP contribution in [0, 0.1) is 5.82 Å². The van der Waals surface area contributed by atoms with Crippen LogP contribution in [0.15, 0.2) is 70.9 Å². The summed E-state index contributed by atoms with van der Waals surface area (Å²) in [6.45, 7) is 3.80. The highest BCUT2D eigenvalue weighted by Gasteiger charge is 2.47. The minimum atomic E-state index is -0.696. The predicted octanol–water partition coefficient (Wildman–Crippen LogP) is 4.61. The monoisotopic (exact) mass is 424 g/mol. The van der Waals surface area contributed by atoms with Crippen molar-refractivity contribution in [2.24, 2.45) is 4.99 Å². The third-order valence-electron chi connectivity index (χ3n) is 5.14. The van der Waals surface area contributed by atoms with Gasteiger partial charge in [0.15, 0.2) is 5.17 Å². The lowest BCUT2D eigenvalue weighted by atomic mass is 9.94. The molecule has 2 heterocycles. The van der Waals surface area contributed by atoms with Crippen LogP contribution in [0.25, 0.3) is 0 Å². The third-order valence-corrected chi connectivity index (χ3v) is 6.46. The molecular formula is C23H21FN2O3S. The number of nitrogens with zero attached hydrogens (tertiary/aromatic N) is 2. The Labute approximate surface area is 178 Å². The molecule has 0 spiro atoms. The molecule has 1 fully saturated rings. The fourth-order valence-electron chi connectivity index (χ4n) is 3.61. The van der Waals surface area contributed by atoms with Gasteiger partial charge < -0.3 is 4.74 Å². The molecule has 2 atom stereocenters. The average molecular weight is 424 g/mol. The van der Waals surface area contributed by atoms with E-state index < -0.39 is 12.0 Å². The number of ether oxygens (including phenoxy) is 1. The normalized spacial score (nSPS) is 20.8. The van der Waals surface area contributed by atoms with Gasteiger partial charge in [0.05, 0.1) is 22.6 Å². The minimum Gasteiger partial charge on any atom is -0.457 e. The van der Waals surface area contributed by atoms with E-state index in [1.807, 2.05) is 37.3 Å². The number of halogens is 1. The first-order valence-electron chi connectivity index (χ1n) is 9.75. The quantitative estimate of drug-likeness (QED) is 0.658. The number of aliphatic imine (C=N–C) groups is 1. The number of benzene rings is 2. The molecule has 0 aliphatic carbocycles. The molecule has 30 heavy (non-hydrogen) atoms. The number of esters is 1. The highest BCUT2D eigenvalue weighted by atomic mass is 32.2. The van der Waals surface area contributed by atoms with Crippen molar-refractivity contribution in [3.63, 3.8) is 0 Å². The molecule has 0 bridgehead atoms. The van der Waals surface area contributed by atoms with Gasteiger partial charge in [0.1, 0.15) is 12.4 Å². The van der Waals surface area contributed by atoms with Crippen molar-refractivity contribution < 1.29 is 18.7 Å². The Morgan fingerprint density at radius 1 is 1.17 bits per heavy atom. The number of rotatable bonds is 5. The first-order chi connectivity index (χ1) is 14.5. The van der Waals surface area contributed by atoms with Gasteiger partial charge in [0.2, 0.25) is 5.91 Å². The highest BCUT2D eigenvalue weighted by molar-refractivity contribution is 8.15. The zero-order chi connectivity index (χ0) is 21.3. The summed E-state index contributed by atoms with van der Waals surface area (Å²) in [7, 11) is 0. The van der Waals surface area contributed by atoms with E-state index in [-0.39, 0.29) is 23.6 Å². The van der Waals surface area contributed by atoms with Crippen LogP contribution in [0.2, 0.25) is 0 Å². The molecule has 0 radical (unpaired) electrons. The van der Waals surface area contributed by atoms with Gasteiger partial charge in [-0.25, -0.2) is 14.2 Å². The molecule has 4 rings (SSSR count). The van der Waals surface area contributed by atoms with Gasteiger partial charge in [-0.3, -0.25) is 9.69 Å². The maximum absolute atomic E-state index is 13.5. The molecule has 0 unspecified atom stereocenters. The van der Waals surface area contributed by atoms with E-state index in [4.69, 9.17) is 4.74 Å². The molecule has 154 valence electrons. The van der Waals surface area contributed by atoms with Crippen molar-refractivity contribution in [2.75, 3.05) is 0 Å². The molecule has 0 N–H and O–H groups in total. The third kappa shape index (κ3) is 3.77. The summed E-state index contributed by atoms with van der Waals surface area (Å²) in [5.41, 5.74) is 2.31. The van der Waals surface area contributed by atoms with E-state index in [1.165, 1.54) is 23.9 Å². The van der Waals surface area contributed by atoms with E-state index in [1.54, 1.807) is 24.0 Å². The van der Waals surface area contributed by atoms with Gasteiger partial charge >= 0.3 is 5.97 Å². The Morgan fingerprint density at radius 2 is 1.87 bits per heavy atom. The van der Waals surface area contributed by atoms with Crippen LogP contribution in [0.3, 0.4) is 0 Å². The van der Waals surface area contributed by atoms with Gasteiger partial charge in [-0.05, 0) is 36.6 Å². The van der Waals surface area contributed by atoms with Crippen LogP contribution in [-0.4, -0.2) is 27.2 Å². The first kappa shape index (κ1) is 20.3. The van der Waals surface area contributed by atoms with Crippen LogP contribution in [0.1, 0.15) is 37.4 Å². The summed E-state index contributed by atoms with van der Waals surface area (Å²) >= 11 is 1.40. The van der Waals surface area contributed by atoms with Crippen LogP contribution >= 0.6 is 11.8 Å². The summed E-state index contributed by atoms with van der Waals surface area (Å²) in [4.78, 5) is 32.2. The fraction of sp³-hybridized carbons (Fsp3) is 0.261. The maximum atomic E-state index is 13.5. The Bertz CT molecular complexity index is 1030. The van der Waals surface area contributed by atoms with Crippen LogP contribution in [-0.2, 0) is 20.9 Å². The lowest BCUT2D eigenvalue weighted by molar-refractivity contribution is -0.141. The number of fused-ring (bicyclic) bond motifs is 1. The molecule has 1 saturated heterocycles. The van der Waals surface area contributed by atoms with E-state index in [2.05, 4.69) is 4.99 Å². The molecule has 1 amide bonds. The lowest BCUT2D eigenvalue weighted by Gasteiger charge is -2.33.